The third-order valence-electron chi connectivity index (χ3n) is 3.99. The van der Waals surface area contributed by atoms with E-state index >= 15 is 0 Å². The Bertz CT molecular complexity index is 382. The molecule has 4 nitrogen and oxygen atoms in total. The minimum atomic E-state index is -4.59. The molecule has 0 bridgehead atoms. The molecule has 0 heterocycles. The van der Waals surface area contributed by atoms with Gasteiger partial charge < -0.3 is 4.55 Å². The van der Waals surface area contributed by atoms with Gasteiger partial charge >= 0.3 is 51.4 Å². The van der Waals surface area contributed by atoms with Crippen LogP contribution in [0.25, 0.3) is 0 Å². The fraction of sp³-hybridized carbons (Fsp3) is 0.889. The molecule has 0 aliphatic heterocycles. The zero-order valence-electron chi connectivity index (χ0n) is 16.0. The van der Waals surface area contributed by atoms with E-state index in [1.165, 1.54) is 44.9 Å². The van der Waals surface area contributed by atoms with E-state index < -0.39 is 10.4 Å². The van der Waals surface area contributed by atoms with E-state index in [2.05, 4.69) is 24.1 Å². The maximum Gasteiger partial charge on any atom is 1.00 e. The van der Waals surface area contributed by atoms with Crippen LogP contribution < -0.4 is 51.4 Å². The van der Waals surface area contributed by atoms with Gasteiger partial charge in [0.1, 0.15) is 0 Å². The summed E-state index contributed by atoms with van der Waals surface area (Å²) in [5.41, 5.74) is 0. The standard InChI is InChI=1S/C18H36O4S.K/c1-3-5-7-9-11-13-15-18(17-22-23(19,20)21)16-14-12-10-8-6-4-2;/h13,15,18H,3-12,14,16-17H2,1-2H3,(H,19,20,21);/q;+1/p-1/b15-13+;. The summed E-state index contributed by atoms with van der Waals surface area (Å²) < 4.78 is 36.3. The van der Waals surface area contributed by atoms with Gasteiger partial charge in [-0.2, -0.15) is 0 Å². The maximum atomic E-state index is 10.6. The van der Waals surface area contributed by atoms with Crippen LogP contribution in [0.1, 0.15) is 90.9 Å². The van der Waals surface area contributed by atoms with Crippen molar-refractivity contribution in [1.29, 1.82) is 0 Å². The molecule has 0 aliphatic rings. The van der Waals surface area contributed by atoms with Gasteiger partial charge in [-0.3, -0.25) is 4.18 Å². The second-order valence-corrected chi connectivity index (χ2v) is 7.34. The monoisotopic (exact) mass is 386 g/mol. The van der Waals surface area contributed by atoms with E-state index in [1.807, 2.05) is 6.08 Å². The van der Waals surface area contributed by atoms with Crippen LogP contribution in [0.15, 0.2) is 12.2 Å². The van der Waals surface area contributed by atoms with Crippen LogP contribution >= 0.6 is 0 Å². The van der Waals surface area contributed by atoms with Gasteiger partial charge in [-0.25, -0.2) is 8.42 Å². The first-order valence-electron chi connectivity index (χ1n) is 9.26. The predicted molar refractivity (Wildman–Crippen MR) is 95.0 cm³/mol. The summed E-state index contributed by atoms with van der Waals surface area (Å²) in [6.45, 7) is 4.36. The maximum absolute atomic E-state index is 10.6. The molecule has 0 saturated carbocycles. The van der Waals surface area contributed by atoms with Gasteiger partial charge in [0.15, 0.2) is 0 Å². The summed E-state index contributed by atoms with van der Waals surface area (Å²) in [4.78, 5) is 0. The van der Waals surface area contributed by atoms with Crippen molar-refractivity contribution in [2.75, 3.05) is 6.61 Å². The van der Waals surface area contributed by atoms with Gasteiger partial charge in [0.2, 0.25) is 10.4 Å². The molecule has 0 N–H and O–H groups in total. The molecule has 0 saturated heterocycles. The van der Waals surface area contributed by atoms with Crippen molar-refractivity contribution in [3.05, 3.63) is 12.2 Å². The smallest absolute Gasteiger partial charge is 0.726 e. The Morgan fingerprint density at radius 1 is 0.917 bits per heavy atom. The largest absolute Gasteiger partial charge is 1.00 e. The fourth-order valence-electron chi connectivity index (χ4n) is 2.57. The second-order valence-electron chi connectivity index (χ2n) is 6.29. The Morgan fingerprint density at radius 3 is 2.04 bits per heavy atom. The Hall–Kier alpha value is 1.25. The van der Waals surface area contributed by atoms with Gasteiger partial charge in [-0.15, -0.1) is 0 Å². The summed E-state index contributed by atoms with van der Waals surface area (Å²) in [6, 6.07) is 0. The minimum absolute atomic E-state index is 0. The average Bonchev–Trinajstić information content (AvgIpc) is 2.49. The van der Waals surface area contributed by atoms with Crippen molar-refractivity contribution in [1.82, 2.24) is 0 Å². The zero-order chi connectivity index (χ0) is 17.4. The molecule has 0 fully saturated rings. The van der Waals surface area contributed by atoms with Crippen LogP contribution in [0.4, 0.5) is 0 Å². The Morgan fingerprint density at radius 2 is 1.46 bits per heavy atom. The molecule has 0 amide bonds. The molecule has 0 aromatic rings. The van der Waals surface area contributed by atoms with Crippen LogP contribution in [0.2, 0.25) is 0 Å². The topological polar surface area (TPSA) is 66.4 Å². The number of rotatable bonds is 16. The normalized spacial score (nSPS) is 13.1. The Kier molecular flexibility index (Phi) is 21.8. The van der Waals surface area contributed by atoms with Gasteiger partial charge in [0.25, 0.3) is 0 Å². The first-order valence-corrected chi connectivity index (χ1v) is 10.6. The quantitative estimate of drug-likeness (QED) is 0.134. The van der Waals surface area contributed by atoms with Crippen LogP contribution in [0.3, 0.4) is 0 Å². The van der Waals surface area contributed by atoms with E-state index in [0.29, 0.717) is 0 Å². The molecule has 138 valence electrons. The molecule has 6 heteroatoms. The van der Waals surface area contributed by atoms with Crippen molar-refractivity contribution in [2.24, 2.45) is 5.92 Å². The summed E-state index contributed by atoms with van der Waals surface area (Å²) in [6.07, 6.45) is 18.1. The van der Waals surface area contributed by atoms with Crippen molar-refractivity contribution in [2.45, 2.75) is 90.9 Å². The fourth-order valence-corrected chi connectivity index (χ4v) is 2.91. The molecular formula is C18H35KO4S. The number of unbranched alkanes of at least 4 members (excludes halogenated alkanes) is 9. The van der Waals surface area contributed by atoms with Crippen LogP contribution in [0.5, 0.6) is 0 Å². The molecule has 0 aromatic heterocycles. The molecule has 0 rings (SSSR count). The SMILES string of the molecule is CCCCCC/C=C/C(CCCCCCCC)COS(=O)(=O)[O-].[K+]. The minimum Gasteiger partial charge on any atom is -0.726 e. The molecule has 1 unspecified atom stereocenters. The van der Waals surface area contributed by atoms with Gasteiger partial charge in [-0.1, -0.05) is 83.8 Å². The van der Waals surface area contributed by atoms with Crippen molar-refractivity contribution >= 4 is 10.4 Å². The van der Waals surface area contributed by atoms with E-state index in [0.717, 1.165) is 32.1 Å². The molecular weight excluding hydrogens is 351 g/mol. The predicted octanol–water partition coefficient (Wildman–Crippen LogP) is 2.36. The third-order valence-corrected chi connectivity index (χ3v) is 4.41. The molecule has 0 aromatic carbocycles. The van der Waals surface area contributed by atoms with Crippen LogP contribution in [0, 0.1) is 5.92 Å². The molecule has 0 spiro atoms. The summed E-state index contributed by atoms with van der Waals surface area (Å²) in [7, 11) is -4.59. The van der Waals surface area contributed by atoms with E-state index in [9.17, 15) is 13.0 Å². The van der Waals surface area contributed by atoms with E-state index in [4.69, 9.17) is 0 Å². The third kappa shape index (κ3) is 21.3. The number of hydrogen-bond acceptors (Lipinski definition) is 4. The number of hydrogen-bond donors (Lipinski definition) is 0. The van der Waals surface area contributed by atoms with Gasteiger partial charge in [0.05, 0.1) is 6.61 Å². The summed E-state index contributed by atoms with van der Waals surface area (Å²) >= 11 is 0. The van der Waals surface area contributed by atoms with Gasteiger partial charge in [-0.05, 0) is 19.3 Å². The second kappa shape index (κ2) is 19.0. The van der Waals surface area contributed by atoms with E-state index in [1.54, 1.807) is 0 Å². The average molecular weight is 387 g/mol. The molecule has 0 radical (unpaired) electrons. The van der Waals surface area contributed by atoms with Crippen molar-refractivity contribution < 1.29 is 68.5 Å². The molecule has 0 aliphatic carbocycles. The molecule has 1 atom stereocenters. The first-order chi connectivity index (χ1) is 11.0. The number of allylic oxidation sites excluding steroid dienone is 1. The van der Waals surface area contributed by atoms with E-state index in [-0.39, 0.29) is 63.9 Å². The Labute approximate surface area is 192 Å². The zero-order valence-corrected chi connectivity index (χ0v) is 19.9. The Balaban J connectivity index is 0. The van der Waals surface area contributed by atoms with Crippen molar-refractivity contribution in [3.63, 3.8) is 0 Å². The molecule has 24 heavy (non-hydrogen) atoms. The first kappa shape index (κ1) is 27.5. The van der Waals surface area contributed by atoms with Crippen LogP contribution in [-0.2, 0) is 14.6 Å². The van der Waals surface area contributed by atoms with Crippen molar-refractivity contribution in [3.8, 4) is 0 Å². The summed E-state index contributed by atoms with van der Waals surface area (Å²) in [5.74, 6) is 0.0241. The summed E-state index contributed by atoms with van der Waals surface area (Å²) in [5, 5.41) is 0. The van der Waals surface area contributed by atoms with Gasteiger partial charge in [0, 0.05) is 5.92 Å². The van der Waals surface area contributed by atoms with Crippen LogP contribution in [-0.4, -0.2) is 19.6 Å².